The first kappa shape index (κ1) is 11.3. The normalized spacial score (nSPS) is 20.2. The molecule has 1 saturated carbocycles. The zero-order chi connectivity index (χ0) is 9.90. The molecular formula is C8H15ClO3S. The first-order valence-electron chi connectivity index (χ1n) is 4.47. The summed E-state index contributed by atoms with van der Waals surface area (Å²) in [4.78, 5) is 0. The van der Waals surface area contributed by atoms with E-state index in [1.54, 1.807) is 0 Å². The molecule has 0 heterocycles. The molecule has 1 unspecified atom stereocenters. The number of hydrogen-bond donors (Lipinski definition) is 0. The van der Waals surface area contributed by atoms with Crippen LogP contribution in [0.5, 0.6) is 0 Å². The first-order chi connectivity index (χ1) is 5.97. The summed E-state index contributed by atoms with van der Waals surface area (Å²) in [7, 11) is 1.73. The van der Waals surface area contributed by atoms with Crippen molar-refractivity contribution in [1.29, 1.82) is 0 Å². The second kappa shape index (κ2) is 4.62. The Kier molecular flexibility index (Phi) is 4.01. The highest BCUT2D eigenvalue weighted by Crippen LogP contribution is 2.28. The highest BCUT2D eigenvalue weighted by molar-refractivity contribution is 8.13. The van der Waals surface area contributed by atoms with Crippen molar-refractivity contribution in [2.45, 2.75) is 19.8 Å². The molecule has 1 fully saturated rings. The molecule has 0 saturated heterocycles. The molecule has 0 spiro atoms. The Balaban J connectivity index is 2.05. The van der Waals surface area contributed by atoms with E-state index in [0.29, 0.717) is 6.61 Å². The van der Waals surface area contributed by atoms with E-state index in [4.69, 9.17) is 15.4 Å². The summed E-state index contributed by atoms with van der Waals surface area (Å²) >= 11 is 0. The molecule has 1 atom stereocenters. The van der Waals surface area contributed by atoms with Crippen molar-refractivity contribution in [2.24, 2.45) is 11.8 Å². The third-order valence-electron chi connectivity index (χ3n) is 1.94. The Hall–Kier alpha value is 0.200. The van der Waals surface area contributed by atoms with Gasteiger partial charge in [-0.15, -0.1) is 0 Å². The van der Waals surface area contributed by atoms with Gasteiger partial charge < -0.3 is 4.74 Å². The molecular weight excluding hydrogens is 212 g/mol. The van der Waals surface area contributed by atoms with E-state index in [9.17, 15) is 8.42 Å². The molecule has 0 N–H and O–H groups in total. The van der Waals surface area contributed by atoms with Gasteiger partial charge in [0.1, 0.15) is 0 Å². The Morgan fingerprint density at radius 2 is 2.15 bits per heavy atom. The van der Waals surface area contributed by atoms with Crippen LogP contribution in [0.3, 0.4) is 0 Å². The third-order valence-corrected chi connectivity index (χ3v) is 3.28. The lowest BCUT2D eigenvalue weighted by Gasteiger charge is -2.09. The maximum absolute atomic E-state index is 10.7. The average molecular weight is 227 g/mol. The summed E-state index contributed by atoms with van der Waals surface area (Å²) < 4.78 is 26.7. The Morgan fingerprint density at radius 1 is 1.54 bits per heavy atom. The van der Waals surface area contributed by atoms with Crippen LogP contribution >= 0.6 is 10.7 Å². The second-order valence-electron chi connectivity index (χ2n) is 3.79. The lowest BCUT2D eigenvalue weighted by molar-refractivity contribution is 0.102. The minimum atomic E-state index is -3.37. The van der Waals surface area contributed by atoms with Crippen LogP contribution in [0.2, 0.25) is 0 Å². The van der Waals surface area contributed by atoms with Crippen molar-refractivity contribution in [3.8, 4) is 0 Å². The topological polar surface area (TPSA) is 43.4 Å². The first-order valence-corrected chi connectivity index (χ1v) is 6.95. The van der Waals surface area contributed by atoms with Gasteiger partial charge in [0.05, 0.1) is 12.4 Å². The zero-order valence-electron chi connectivity index (χ0n) is 7.70. The van der Waals surface area contributed by atoms with Gasteiger partial charge in [0, 0.05) is 17.3 Å². The van der Waals surface area contributed by atoms with Gasteiger partial charge in [-0.2, -0.15) is 0 Å². The van der Waals surface area contributed by atoms with Gasteiger partial charge in [-0.05, 0) is 24.7 Å². The predicted molar refractivity (Wildman–Crippen MR) is 52.3 cm³/mol. The second-order valence-corrected chi connectivity index (χ2v) is 6.61. The van der Waals surface area contributed by atoms with Crippen LogP contribution in [-0.2, 0) is 13.8 Å². The van der Waals surface area contributed by atoms with Crippen LogP contribution in [0.1, 0.15) is 19.8 Å². The molecule has 5 heteroatoms. The molecule has 0 aromatic carbocycles. The minimum absolute atomic E-state index is 0.000772. The molecule has 1 aliphatic rings. The van der Waals surface area contributed by atoms with Gasteiger partial charge in [0.2, 0.25) is 9.05 Å². The SMILES string of the molecule is CC(COCC1CC1)CS(=O)(=O)Cl. The Morgan fingerprint density at radius 3 is 2.62 bits per heavy atom. The lowest BCUT2D eigenvalue weighted by atomic mass is 10.2. The van der Waals surface area contributed by atoms with Crippen molar-refractivity contribution in [3.63, 3.8) is 0 Å². The van der Waals surface area contributed by atoms with Crippen LogP contribution in [0.15, 0.2) is 0 Å². The molecule has 1 rings (SSSR count). The van der Waals surface area contributed by atoms with Crippen LogP contribution in [0, 0.1) is 11.8 Å². The fraction of sp³-hybridized carbons (Fsp3) is 1.00. The largest absolute Gasteiger partial charge is 0.381 e. The number of ether oxygens (including phenoxy) is 1. The van der Waals surface area contributed by atoms with E-state index >= 15 is 0 Å². The molecule has 0 aromatic heterocycles. The fourth-order valence-corrected chi connectivity index (χ4v) is 2.53. The summed E-state index contributed by atoms with van der Waals surface area (Å²) in [5, 5.41) is 0. The summed E-state index contributed by atoms with van der Waals surface area (Å²) in [6, 6.07) is 0. The van der Waals surface area contributed by atoms with E-state index < -0.39 is 9.05 Å². The van der Waals surface area contributed by atoms with Gasteiger partial charge in [-0.1, -0.05) is 6.92 Å². The van der Waals surface area contributed by atoms with Crippen LogP contribution in [-0.4, -0.2) is 27.4 Å². The van der Waals surface area contributed by atoms with Gasteiger partial charge in [-0.3, -0.25) is 0 Å². The molecule has 3 nitrogen and oxygen atoms in total. The lowest BCUT2D eigenvalue weighted by Crippen LogP contribution is -2.15. The summed E-state index contributed by atoms with van der Waals surface area (Å²) in [5.41, 5.74) is 0. The van der Waals surface area contributed by atoms with Crippen molar-refractivity contribution in [2.75, 3.05) is 19.0 Å². The maximum Gasteiger partial charge on any atom is 0.232 e. The monoisotopic (exact) mass is 226 g/mol. The maximum atomic E-state index is 10.7. The van der Waals surface area contributed by atoms with E-state index in [0.717, 1.165) is 12.5 Å². The predicted octanol–water partition coefficient (Wildman–Crippen LogP) is 1.62. The zero-order valence-corrected chi connectivity index (χ0v) is 9.27. The molecule has 0 aliphatic heterocycles. The van der Waals surface area contributed by atoms with Crippen molar-refractivity contribution < 1.29 is 13.2 Å². The van der Waals surface area contributed by atoms with Crippen LogP contribution in [0.4, 0.5) is 0 Å². The smallest absolute Gasteiger partial charge is 0.232 e. The van der Waals surface area contributed by atoms with Crippen molar-refractivity contribution >= 4 is 19.7 Å². The minimum Gasteiger partial charge on any atom is -0.381 e. The van der Waals surface area contributed by atoms with Crippen LogP contribution in [0.25, 0.3) is 0 Å². The average Bonchev–Trinajstić information content (AvgIpc) is 2.66. The molecule has 13 heavy (non-hydrogen) atoms. The fourth-order valence-electron chi connectivity index (χ4n) is 1.11. The molecule has 0 aromatic rings. The van der Waals surface area contributed by atoms with E-state index in [2.05, 4.69) is 0 Å². The quantitative estimate of drug-likeness (QED) is 0.647. The Labute approximate surface area is 83.8 Å². The van der Waals surface area contributed by atoms with Gasteiger partial charge >= 0.3 is 0 Å². The van der Waals surface area contributed by atoms with E-state index in [1.807, 2.05) is 6.92 Å². The van der Waals surface area contributed by atoms with Crippen molar-refractivity contribution in [1.82, 2.24) is 0 Å². The number of hydrogen-bond acceptors (Lipinski definition) is 3. The van der Waals surface area contributed by atoms with Crippen LogP contribution < -0.4 is 0 Å². The third kappa shape index (κ3) is 6.29. The highest BCUT2D eigenvalue weighted by atomic mass is 35.7. The van der Waals surface area contributed by atoms with Crippen molar-refractivity contribution in [3.05, 3.63) is 0 Å². The van der Waals surface area contributed by atoms with E-state index in [-0.39, 0.29) is 11.7 Å². The van der Waals surface area contributed by atoms with Gasteiger partial charge in [-0.25, -0.2) is 8.42 Å². The van der Waals surface area contributed by atoms with Gasteiger partial charge in [0.25, 0.3) is 0 Å². The molecule has 0 amide bonds. The number of halogens is 1. The summed E-state index contributed by atoms with van der Waals surface area (Å²) in [5.74, 6) is 0.709. The van der Waals surface area contributed by atoms with Gasteiger partial charge in [0.15, 0.2) is 0 Å². The van der Waals surface area contributed by atoms with E-state index in [1.165, 1.54) is 12.8 Å². The molecule has 78 valence electrons. The Bertz CT molecular complexity index is 246. The highest BCUT2D eigenvalue weighted by Gasteiger charge is 2.21. The summed E-state index contributed by atoms with van der Waals surface area (Å²) in [6.07, 6.45) is 2.50. The standard InChI is InChI=1S/C8H15ClO3S/c1-7(6-13(9,10)11)4-12-5-8-2-3-8/h7-8H,2-6H2,1H3. The summed E-state index contributed by atoms with van der Waals surface area (Å²) in [6.45, 7) is 3.09. The molecule has 0 bridgehead atoms. The molecule has 1 aliphatic carbocycles. The number of rotatable bonds is 6. The molecule has 0 radical (unpaired) electrons.